The second kappa shape index (κ2) is 7.03. The molecule has 0 aromatic heterocycles. The van der Waals surface area contributed by atoms with Crippen LogP contribution in [0.3, 0.4) is 0 Å². The number of anilines is 2. The summed E-state index contributed by atoms with van der Waals surface area (Å²) in [5, 5.41) is 3.52. The summed E-state index contributed by atoms with van der Waals surface area (Å²) < 4.78 is 0. The predicted octanol–water partition coefficient (Wildman–Crippen LogP) is 3.12. The van der Waals surface area contributed by atoms with Gasteiger partial charge in [-0.25, -0.2) is 10.0 Å². The number of carbonyl (C=O) groups is 2. The van der Waals surface area contributed by atoms with Crippen LogP contribution in [-0.2, 0) is 9.59 Å². The van der Waals surface area contributed by atoms with Crippen LogP contribution in [0.4, 0.5) is 11.4 Å². The lowest BCUT2D eigenvalue weighted by atomic mass is 10.2. The number of hydrazine groups is 1. The zero-order valence-electron chi connectivity index (χ0n) is 14.3. The first-order valence-electron chi connectivity index (χ1n) is 7.80. The van der Waals surface area contributed by atoms with E-state index in [4.69, 9.17) is 0 Å². The Bertz CT molecular complexity index is 760. The van der Waals surface area contributed by atoms with E-state index in [0.717, 1.165) is 0 Å². The van der Waals surface area contributed by atoms with Gasteiger partial charge in [0.15, 0.2) is 0 Å². The van der Waals surface area contributed by atoms with Crippen molar-refractivity contribution < 1.29 is 9.59 Å². The zero-order chi connectivity index (χ0) is 18.0. The molecule has 1 aliphatic rings. The maximum absolute atomic E-state index is 13.2. The van der Waals surface area contributed by atoms with E-state index < -0.39 is 0 Å². The van der Waals surface area contributed by atoms with Crippen molar-refractivity contribution in [1.29, 1.82) is 0 Å². The summed E-state index contributed by atoms with van der Waals surface area (Å²) in [6.07, 6.45) is 1.86. The number of rotatable bonds is 4. The summed E-state index contributed by atoms with van der Waals surface area (Å²) in [4.78, 5) is 28.1. The van der Waals surface area contributed by atoms with E-state index in [-0.39, 0.29) is 17.4 Å². The molecule has 1 aliphatic heterocycles. The van der Waals surface area contributed by atoms with Crippen LogP contribution in [0.2, 0.25) is 0 Å². The van der Waals surface area contributed by atoms with Crippen molar-refractivity contribution in [2.24, 2.45) is 0 Å². The molecule has 0 radical (unpaired) electrons. The van der Waals surface area contributed by atoms with Gasteiger partial charge in [-0.2, -0.15) is 0 Å². The van der Waals surface area contributed by atoms with Gasteiger partial charge in [-0.05, 0) is 30.5 Å². The Balaban J connectivity index is 2.20. The summed E-state index contributed by atoms with van der Waals surface area (Å²) in [5.41, 5.74) is 1.49. The van der Waals surface area contributed by atoms with Crippen molar-refractivity contribution >= 4 is 35.0 Å². The summed E-state index contributed by atoms with van der Waals surface area (Å²) >= 11 is 1.39. The lowest BCUT2D eigenvalue weighted by Crippen LogP contribution is -2.41. The number of benzene rings is 2. The number of hydrogen-bond donors (Lipinski definition) is 0. The molecular weight excluding hydrogens is 334 g/mol. The van der Waals surface area contributed by atoms with E-state index in [1.807, 2.05) is 81.0 Å². The first-order chi connectivity index (χ1) is 12.1. The molecular formula is C19H19N3O2S. The van der Waals surface area contributed by atoms with Crippen LogP contribution in [0.25, 0.3) is 0 Å². The molecule has 0 N–H and O–H groups in total. The van der Waals surface area contributed by atoms with Gasteiger partial charge in [-0.3, -0.25) is 9.59 Å². The van der Waals surface area contributed by atoms with E-state index in [1.165, 1.54) is 21.8 Å². The van der Waals surface area contributed by atoms with E-state index in [2.05, 4.69) is 0 Å². The van der Waals surface area contributed by atoms with Gasteiger partial charge in [-0.1, -0.05) is 36.4 Å². The van der Waals surface area contributed by atoms with Gasteiger partial charge in [0.1, 0.15) is 5.57 Å². The molecule has 0 spiro atoms. The highest BCUT2D eigenvalue weighted by atomic mass is 32.2. The Kier molecular flexibility index (Phi) is 4.81. The van der Waals surface area contributed by atoms with E-state index in [9.17, 15) is 9.59 Å². The van der Waals surface area contributed by atoms with Crippen LogP contribution >= 0.6 is 11.8 Å². The molecule has 2 aromatic rings. The minimum atomic E-state index is -0.321. The van der Waals surface area contributed by atoms with Crippen LogP contribution < -0.4 is 10.0 Å². The fourth-order valence-corrected chi connectivity index (χ4v) is 3.52. The molecule has 0 bridgehead atoms. The molecule has 2 aromatic carbocycles. The van der Waals surface area contributed by atoms with Gasteiger partial charge in [-0.15, -0.1) is 11.8 Å². The maximum atomic E-state index is 13.2. The standard InChI is InChI=1S/C19H19N3O2S/c1-20(2)19(25-3)16-17(23)21(14-10-6-4-7-11-14)22(18(16)24)15-12-8-5-9-13-15/h4-13H,1-3H3. The average Bonchev–Trinajstić information content (AvgIpc) is 2.88. The number of thioether (sulfide) groups is 1. The molecule has 128 valence electrons. The van der Waals surface area contributed by atoms with Gasteiger partial charge >= 0.3 is 0 Å². The summed E-state index contributed by atoms with van der Waals surface area (Å²) in [7, 11) is 3.66. The third kappa shape index (κ3) is 3.00. The molecule has 3 rings (SSSR count). The van der Waals surface area contributed by atoms with Gasteiger partial charge in [0.2, 0.25) is 0 Å². The largest absolute Gasteiger partial charge is 0.372 e. The van der Waals surface area contributed by atoms with E-state index in [0.29, 0.717) is 16.4 Å². The Morgan fingerprint density at radius 2 is 1.20 bits per heavy atom. The van der Waals surface area contributed by atoms with Crippen LogP contribution in [0, 0.1) is 0 Å². The van der Waals surface area contributed by atoms with Crippen LogP contribution in [0.5, 0.6) is 0 Å². The average molecular weight is 353 g/mol. The zero-order valence-corrected chi connectivity index (χ0v) is 15.2. The Morgan fingerprint density at radius 3 is 1.52 bits per heavy atom. The first-order valence-corrected chi connectivity index (χ1v) is 9.03. The molecule has 5 nitrogen and oxygen atoms in total. The van der Waals surface area contributed by atoms with Crippen molar-refractivity contribution in [3.63, 3.8) is 0 Å². The molecule has 0 atom stereocenters. The second-order valence-corrected chi connectivity index (χ2v) is 6.48. The van der Waals surface area contributed by atoms with Gasteiger partial charge < -0.3 is 4.90 Å². The quantitative estimate of drug-likeness (QED) is 0.626. The van der Waals surface area contributed by atoms with Crippen molar-refractivity contribution in [3.05, 3.63) is 71.3 Å². The monoisotopic (exact) mass is 353 g/mol. The molecule has 1 saturated heterocycles. The molecule has 25 heavy (non-hydrogen) atoms. The van der Waals surface area contributed by atoms with Gasteiger partial charge in [0.25, 0.3) is 11.8 Å². The number of nitrogens with zero attached hydrogens (tertiary/aromatic N) is 3. The maximum Gasteiger partial charge on any atom is 0.285 e. The summed E-state index contributed by atoms with van der Waals surface area (Å²) in [6, 6.07) is 18.4. The fraction of sp³-hybridized carbons (Fsp3) is 0.158. The molecule has 0 unspecified atom stereocenters. The minimum absolute atomic E-state index is 0.185. The van der Waals surface area contributed by atoms with Crippen molar-refractivity contribution in [2.75, 3.05) is 30.4 Å². The van der Waals surface area contributed by atoms with Crippen molar-refractivity contribution in [1.82, 2.24) is 4.90 Å². The molecule has 0 saturated carbocycles. The Hall–Kier alpha value is -2.73. The number of amides is 2. The highest BCUT2D eigenvalue weighted by molar-refractivity contribution is 8.02. The van der Waals surface area contributed by atoms with Gasteiger partial charge in [0, 0.05) is 14.1 Å². The molecule has 2 amide bonds. The van der Waals surface area contributed by atoms with Crippen molar-refractivity contribution in [2.45, 2.75) is 0 Å². The minimum Gasteiger partial charge on any atom is -0.372 e. The SMILES string of the molecule is CSC(=C1C(=O)N(c2ccccc2)N(c2ccccc2)C1=O)N(C)C. The molecule has 6 heteroatoms. The topological polar surface area (TPSA) is 43.9 Å². The van der Waals surface area contributed by atoms with Crippen LogP contribution in [-0.4, -0.2) is 37.1 Å². The number of carbonyl (C=O) groups excluding carboxylic acids is 2. The Labute approximate surface area is 151 Å². The lowest BCUT2D eigenvalue weighted by Gasteiger charge is -2.27. The molecule has 1 heterocycles. The second-order valence-electron chi connectivity index (χ2n) is 5.68. The van der Waals surface area contributed by atoms with E-state index >= 15 is 0 Å². The molecule has 0 aliphatic carbocycles. The highest BCUT2D eigenvalue weighted by Gasteiger charge is 2.45. The van der Waals surface area contributed by atoms with Gasteiger partial charge in [0.05, 0.1) is 16.4 Å². The predicted molar refractivity (Wildman–Crippen MR) is 102 cm³/mol. The van der Waals surface area contributed by atoms with Crippen molar-refractivity contribution in [3.8, 4) is 0 Å². The smallest absolute Gasteiger partial charge is 0.285 e. The third-order valence-corrected chi connectivity index (χ3v) is 4.78. The highest BCUT2D eigenvalue weighted by Crippen LogP contribution is 2.34. The lowest BCUT2D eigenvalue weighted by molar-refractivity contribution is -0.116. The number of hydrogen-bond acceptors (Lipinski definition) is 4. The Morgan fingerprint density at radius 1 is 0.800 bits per heavy atom. The van der Waals surface area contributed by atoms with Crippen LogP contribution in [0.1, 0.15) is 0 Å². The molecule has 1 fully saturated rings. The summed E-state index contributed by atoms with van der Waals surface area (Å²) in [6.45, 7) is 0. The third-order valence-electron chi connectivity index (χ3n) is 3.83. The van der Waals surface area contributed by atoms with E-state index in [1.54, 1.807) is 4.90 Å². The van der Waals surface area contributed by atoms with Crippen LogP contribution in [0.15, 0.2) is 71.3 Å². The number of para-hydroxylation sites is 2. The summed E-state index contributed by atoms with van der Waals surface area (Å²) in [5.74, 6) is -0.642. The normalized spacial score (nSPS) is 14.3. The fourth-order valence-electron chi connectivity index (χ4n) is 2.78. The first kappa shape index (κ1) is 17.1.